The van der Waals surface area contributed by atoms with E-state index in [0.717, 1.165) is 54.8 Å². The first-order chi connectivity index (χ1) is 14.6. The molecule has 3 heteroatoms. The highest BCUT2D eigenvalue weighted by Crippen LogP contribution is 2.71. The molecule has 0 saturated heterocycles. The smallest absolute Gasteiger partial charge is 0.0733 e. The molecule has 0 bridgehead atoms. The highest BCUT2D eigenvalue weighted by atomic mass is 79.9. The van der Waals surface area contributed by atoms with Crippen molar-refractivity contribution in [2.45, 2.75) is 122 Å². The quantitative estimate of drug-likeness (QED) is 0.383. The molecule has 1 N–H and O–H groups in total. The number of aliphatic hydroxyl groups excluding tert-OH is 1. The lowest BCUT2D eigenvalue weighted by atomic mass is 9.43. The van der Waals surface area contributed by atoms with Gasteiger partial charge in [-0.25, -0.2) is 0 Å². The van der Waals surface area contributed by atoms with Gasteiger partial charge in [-0.1, -0.05) is 69.8 Å². The first-order valence-electron chi connectivity index (χ1n) is 13.5. The summed E-state index contributed by atoms with van der Waals surface area (Å²) < 4.78 is 6.13. The van der Waals surface area contributed by atoms with Crippen LogP contribution in [0.3, 0.4) is 0 Å². The topological polar surface area (TPSA) is 29.5 Å². The van der Waals surface area contributed by atoms with Crippen LogP contribution in [-0.2, 0) is 4.74 Å². The molecule has 0 aromatic rings. The van der Waals surface area contributed by atoms with Gasteiger partial charge in [0.1, 0.15) is 0 Å². The van der Waals surface area contributed by atoms with Crippen molar-refractivity contribution >= 4 is 15.9 Å². The van der Waals surface area contributed by atoms with Crippen LogP contribution >= 0.6 is 15.9 Å². The summed E-state index contributed by atoms with van der Waals surface area (Å²) in [6.07, 6.45) is 14.0. The predicted octanol–water partition coefficient (Wildman–Crippen LogP) is 7.61. The second-order valence-corrected chi connectivity index (χ2v) is 14.5. The number of halogens is 1. The summed E-state index contributed by atoms with van der Waals surface area (Å²) in [5.41, 5.74) is 0.756. The van der Waals surface area contributed by atoms with Gasteiger partial charge in [-0.3, -0.25) is 0 Å². The fourth-order valence-corrected chi connectivity index (χ4v) is 10.7. The molecule has 0 spiro atoms. The van der Waals surface area contributed by atoms with Crippen LogP contribution in [-0.4, -0.2) is 28.7 Å². The third-order valence-corrected chi connectivity index (χ3v) is 13.0. The maximum absolute atomic E-state index is 10.5. The largest absolute Gasteiger partial charge is 0.393 e. The van der Waals surface area contributed by atoms with Gasteiger partial charge in [0.15, 0.2) is 0 Å². The third-order valence-electron chi connectivity index (χ3n) is 11.2. The second-order valence-electron chi connectivity index (χ2n) is 13.0. The number of fused-ring (bicyclic) bond motifs is 5. The molecular weight excluding hydrogens is 448 g/mol. The zero-order chi connectivity index (χ0) is 22.6. The van der Waals surface area contributed by atoms with Gasteiger partial charge in [0.25, 0.3) is 0 Å². The molecule has 0 aromatic heterocycles. The summed E-state index contributed by atoms with van der Waals surface area (Å²) >= 11 is 4.23. The number of methoxy groups -OCH3 is 1. The summed E-state index contributed by atoms with van der Waals surface area (Å²) in [6, 6.07) is 0. The van der Waals surface area contributed by atoms with E-state index in [1.807, 2.05) is 7.11 Å². The molecule has 2 nitrogen and oxygen atoms in total. The van der Waals surface area contributed by atoms with E-state index in [0.29, 0.717) is 5.41 Å². The Morgan fingerprint density at radius 2 is 1.74 bits per heavy atom. The molecule has 10 atom stereocenters. The molecule has 4 saturated carbocycles. The van der Waals surface area contributed by atoms with Crippen LogP contribution in [0.25, 0.3) is 0 Å². The molecule has 4 fully saturated rings. The minimum atomic E-state index is -0.182. The molecule has 4 rings (SSSR count). The van der Waals surface area contributed by atoms with E-state index in [-0.39, 0.29) is 21.9 Å². The van der Waals surface area contributed by atoms with Gasteiger partial charge in [0.2, 0.25) is 0 Å². The monoisotopic (exact) mass is 496 g/mol. The number of hydrogen-bond donors (Lipinski definition) is 1. The molecule has 0 aromatic carbocycles. The average molecular weight is 498 g/mol. The summed E-state index contributed by atoms with van der Waals surface area (Å²) in [4.78, 5) is 0. The predicted molar refractivity (Wildman–Crippen MR) is 133 cm³/mol. The highest BCUT2D eigenvalue weighted by Gasteiger charge is 2.67. The van der Waals surface area contributed by atoms with Gasteiger partial charge in [-0.2, -0.15) is 0 Å². The fourth-order valence-electron chi connectivity index (χ4n) is 9.49. The lowest BCUT2D eigenvalue weighted by molar-refractivity contribution is -0.161. The first kappa shape index (κ1) is 24.5. The van der Waals surface area contributed by atoms with Crippen molar-refractivity contribution in [1.29, 1.82) is 0 Å². The Bertz CT molecular complexity index is 637. The van der Waals surface area contributed by atoms with E-state index in [1.54, 1.807) is 0 Å². The van der Waals surface area contributed by atoms with Crippen molar-refractivity contribution in [3.05, 3.63) is 0 Å². The summed E-state index contributed by atoms with van der Waals surface area (Å²) in [5.74, 6) is 5.04. The Labute approximate surface area is 200 Å². The van der Waals surface area contributed by atoms with Crippen molar-refractivity contribution in [1.82, 2.24) is 0 Å². The molecule has 180 valence electrons. The van der Waals surface area contributed by atoms with E-state index in [9.17, 15) is 5.11 Å². The van der Waals surface area contributed by atoms with Crippen molar-refractivity contribution < 1.29 is 9.84 Å². The normalized spacial score (nSPS) is 50.6. The SMILES string of the molecule is COC1C[C@H]2[C@@H]3CC[C@H]([C@H](C)CCCC(C)C)[C@@]3(C)CC[C@@H]2[C@@]2(C)CCC(O)CC12Br. The molecule has 31 heavy (non-hydrogen) atoms. The number of ether oxygens (including phenoxy) is 1. The Hall–Kier alpha value is 0.400. The van der Waals surface area contributed by atoms with Crippen LogP contribution in [0.15, 0.2) is 0 Å². The third kappa shape index (κ3) is 3.89. The minimum Gasteiger partial charge on any atom is -0.393 e. The molecule has 0 aliphatic heterocycles. The molecule has 3 unspecified atom stereocenters. The van der Waals surface area contributed by atoms with Crippen molar-refractivity contribution in [3.63, 3.8) is 0 Å². The van der Waals surface area contributed by atoms with Gasteiger partial charge in [0, 0.05) is 7.11 Å². The minimum absolute atomic E-state index is 0.0660. The summed E-state index contributed by atoms with van der Waals surface area (Å²) in [5, 5.41) is 10.5. The molecule has 4 aliphatic rings. The summed E-state index contributed by atoms with van der Waals surface area (Å²) in [7, 11) is 1.91. The number of rotatable bonds is 6. The van der Waals surface area contributed by atoms with Crippen LogP contribution in [0.5, 0.6) is 0 Å². The van der Waals surface area contributed by atoms with Crippen molar-refractivity contribution in [3.8, 4) is 0 Å². The molecule has 0 heterocycles. The molecule has 0 amide bonds. The van der Waals surface area contributed by atoms with E-state index < -0.39 is 0 Å². The average Bonchev–Trinajstić information content (AvgIpc) is 3.05. The van der Waals surface area contributed by atoms with Gasteiger partial charge < -0.3 is 9.84 Å². The van der Waals surface area contributed by atoms with Crippen molar-refractivity contribution in [2.24, 2.45) is 46.3 Å². The van der Waals surface area contributed by atoms with E-state index >= 15 is 0 Å². The Balaban J connectivity index is 1.55. The second kappa shape index (κ2) is 8.88. The van der Waals surface area contributed by atoms with E-state index in [4.69, 9.17) is 4.74 Å². The first-order valence-corrected chi connectivity index (χ1v) is 14.3. The number of aliphatic hydroxyl groups is 1. The lowest BCUT2D eigenvalue weighted by Gasteiger charge is -2.66. The number of hydrogen-bond acceptors (Lipinski definition) is 2. The highest BCUT2D eigenvalue weighted by molar-refractivity contribution is 9.10. The van der Waals surface area contributed by atoms with Crippen LogP contribution in [0, 0.1) is 46.3 Å². The molecule has 0 radical (unpaired) electrons. The van der Waals surface area contributed by atoms with Gasteiger partial charge in [-0.05, 0) is 97.7 Å². The maximum Gasteiger partial charge on any atom is 0.0733 e. The van der Waals surface area contributed by atoms with Gasteiger partial charge in [-0.15, -0.1) is 0 Å². The Morgan fingerprint density at radius 1 is 1.00 bits per heavy atom. The van der Waals surface area contributed by atoms with Crippen molar-refractivity contribution in [2.75, 3.05) is 7.11 Å². The van der Waals surface area contributed by atoms with E-state index in [1.165, 1.54) is 51.4 Å². The number of alkyl halides is 1. The van der Waals surface area contributed by atoms with Gasteiger partial charge >= 0.3 is 0 Å². The van der Waals surface area contributed by atoms with E-state index in [2.05, 4.69) is 50.5 Å². The van der Waals surface area contributed by atoms with Gasteiger partial charge in [0.05, 0.1) is 16.5 Å². The fraction of sp³-hybridized carbons (Fsp3) is 1.00. The lowest BCUT2D eigenvalue weighted by Crippen LogP contribution is -2.66. The van der Waals surface area contributed by atoms with Crippen LogP contribution in [0.4, 0.5) is 0 Å². The zero-order valence-corrected chi connectivity index (χ0v) is 22.7. The maximum atomic E-state index is 10.5. The van der Waals surface area contributed by atoms with Crippen LogP contribution in [0.1, 0.15) is 105 Å². The molecular formula is C28H49BrO2. The molecule has 4 aliphatic carbocycles. The standard InChI is InChI=1S/C28H49BrO2/c1-18(2)8-7-9-19(3)22-10-11-23-21-16-25(31-6)28(29)17-20(30)12-15-27(28,5)24(21)13-14-26(22,23)4/h18-25,30H,7-17H2,1-6H3/t19-,20?,21+,22-,23+,24+,25?,26-,27-,28?/m1/s1. The zero-order valence-electron chi connectivity index (χ0n) is 21.1. The van der Waals surface area contributed by atoms with Crippen LogP contribution < -0.4 is 0 Å². The Kier molecular flexibility index (Phi) is 7.02. The summed E-state index contributed by atoms with van der Waals surface area (Å²) in [6.45, 7) is 12.5. The van der Waals surface area contributed by atoms with Crippen LogP contribution in [0.2, 0.25) is 0 Å². The Morgan fingerprint density at radius 3 is 2.42 bits per heavy atom.